The highest BCUT2D eigenvalue weighted by Gasteiger charge is 2.42. The molecular formula is C11H8F4O5. The van der Waals surface area contributed by atoms with Gasteiger partial charge in [-0.2, -0.15) is 13.7 Å². The van der Waals surface area contributed by atoms with Gasteiger partial charge in [0.15, 0.2) is 6.61 Å². The molecule has 1 aromatic carbocycles. The highest BCUT2D eigenvalue weighted by molar-refractivity contribution is 5.92. The van der Waals surface area contributed by atoms with Gasteiger partial charge in [0, 0.05) is 0 Å². The van der Waals surface area contributed by atoms with Crippen LogP contribution >= 0.6 is 0 Å². The summed E-state index contributed by atoms with van der Waals surface area (Å²) in [7, 11) is 0. The van der Waals surface area contributed by atoms with Gasteiger partial charge in [-0.05, 0) is 24.3 Å². The molecule has 0 aromatic heterocycles. The van der Waals surface area contributed by atoms with Crippen LogP contribution in [-0.2, 0) is 9.78 Å². The maximum absolute atomic E-state index is 12.4. The van der Waals surface area contributed by atoms with E-state index in [1.54, 1.807) is 0 Å². The summed E-state index contributed by atoms with van der Waals surface area (Å²) in [5.41, 5.74) is -0.290. The lowest BCUT2D eigenvalue weighted by molar-refractivity contribution is -0.293. The van der Waals surface area contributed by atoms with Gasteiger partial charge in [-0.3, -0.25) is 4.89 Å². The van der Waals surface area contributed by atoms with Gasteiger partial charge in [-0.1, -0.05) is 0 Å². The number of carboxylic acid groups (broad SMARTS) is 1. The molecule has 0 unspecified atom stereocenters. The number of rotatable bonds is 6. The SMILES string of the molecule is O=C(O)c1ccc(C(=O)OOCC(F)(F)C(F)F)cc1. The van der Waals surface area contributed by atoms with E-state index < -0.39 is 30.9 Å². The number of benzene rings is 1. The third kappa shape index (κ3) is 4.19. The van der Waals surface area contributed by atoms with Crippen molar-refractivity contribution < 1.29 is 42.0 Å². The predicted octanol–water partition coefficient (Wildman–Crippen LogP) is 2.37. The fourth-order valence-electron chi connectivity index (χ4n) is 1.02. The molecule has 0 heterocycles. The van der Waals surface area contributed by atoms with E-state index in [0.29, 0.717) is 0 Å². The molecule has 0 aliphatic rings. The van der Waals surface area contributed by atoms with Gasteiger partial charge in [0.05, 0.1) is 11.1 Å². The third-order valence-electron chi connectivity index (χ3n) is 2.07. The molecule has 0 radical (unpaired) electrons. The van der Waals surface area contributed by atoms with Crippen LogP contribution in [0.4, 0.5) is 17.6 Å². The second kappa shape index (κ2) is 6.33. The van der Waals surface area contributed by atoms with E-state index in [2.05, 4.69) is 9.78 Å². The van der Waals surface area contributed by atoms with Crippen LogP contribution in [0.2, 0.25) is 0 Å². The highest BCUT2D eigenvalue weighted by Crippen LogP contribution is 2.23. The Labute approximate surface area is 109 Å². The number of carbonyl (C=O) groups is 2. The van der Waals surface area contributed by atoms with Crippen molar-refractivity contribution in [2.24, 2.45) is 0 Å². The number of halogens is 4. The lowest BCUT2D eigenvalue weighted by atomic mass is 10.1. The Balaban J connectivity index is 2.53. The summed E-state index contributed by atoms with van der Waals surface area (Å²) >= 11 is 0. The maximum atomic E-state index is 12.4. The Morgan fingerprint density at radius 3 is 2.10 bits per heavy atom. The standard InChI is InChI=1S/C11H8F4O5/c12-10(13)11(14,15)5-19-20-9(18)7-3-1-6(2-4-7)8(16)17/h1-4,10H,5H2,(H,16,17). The number of carbonyl (C=O) groups excluding carboxylic acids is 1. The fourth-order valence-corrected chi connectivity index (χ4v) is 1.02. The highest BCUT2D eigenvalue weighted by atomic mass is 19.3. The predicted molar refractivity (Wildman–Crippen MR) is 55.7 cm³/mol. The van der Waals surface area contributed by atoms with Crippen LogP contribution in [0, 0.1) is 0 Å². The number of hydrogen-bond acceptors (Lipinski definition) is 4. The van der Waals surface area contributed by atoms with Crippen molar-refractivity contribution in [1.29, 1.82) is 0 Å². The van der Waals surface area contributed by atoms with Crippen molar-refractivity contribution in [3.8, 4) is 0 Å². The normalized spacial score (nSPS) is 11.4. The summed E-state index contributed by atoms with van der Waals surface area (Å²) in [6.07, 6.45) is -3.95. The third-order valence-corrected chi connectivity index (χ3v) is 2.07. The van der Waals surface area contributed by atoms with Gasteiger partial charge in [0.25, 0.3) is 0 Å². The molecule has 0 fully saturated rings. The molecule has 9 heteroatoms. The molecule has 0 saturated carbocycles. The molecule has 1 N–H and O–H groups in total. The number of aromatic carboxylic acids is 1. The first-order valence-corrected chi connectivity index (χ1v) is 5.07. The van der Waals surface area contributed by atoms with Gasteiger partial charge >= 0.3 is 24.3 Å². The summed E-state index contributed by atoms with van der Waals surface area (Å²) in [4.78, 5) is 29.5. The number of hydrogen-bond donors (Lipinski definition) is 1. The summed E-state index contributed by atoms with van der Waals surface area (Å²) in [6, 6.07) is 4.26. The Morgan fingerprint density at radius 2 is 1.65 bits per heavy atom. The zero-order valence-corrected chi connectivity index (χ0v) is 9.69. The quantitative estimate of drug-likeness (QED) is 0.495. The van der Waals surface area contributed by atoms with Gasteiger partial charge in [0.2, 0.25) is 0 Å². The topological polar surface area (TPSA) is 72.8 Å². The van der Waals surface area contributed by atoms with Crippen molar-refractivity contribution in [2.75, 3.05) is 6.61 Å². The van der Waals surface area contributed by atoms with Crippen molar-refractivity contribution in [3.63, 3.8) is 0 Å². The lowest BCUT2D eigenvalue weighted by Crippen LogP contribution is -2.32. The molecule has 0 amide bonds. The van der Waals surface area contributed by atoms with Crippen molar-refractivity contribution in [1.82, 2.24) is 0 Å². The summed E-state index contributed by atoms with van der Waals surface area (Å²) in [5.74, 6) is -6.88. The molecule has 0 saturated heterocycles. The molecule has 1 rings (SSSR count). The van der Waals surface area contributed by atoms with Crippen LogP contribution in [0.25, 0.3) is 0 Å². The Hall–Kier alpha value is -2.16. The average molecular weight is 296 g/mol. The fraction of sp³-hybridized carbons (Fsp3) is 0.273. The first-order valence-electron chi connectivity index (χ1n) is 5.07. The minimum Gasteiger partial charge on any atom is -0.478 e. The zero-order chi connectivity index (χ0) is 15.3. The van der Waals surface area contributed by atoms with E-state index in [9.17, 15) is 27.2 Å². The van der Waals surface area contributed by atoms with Crippen LogP contribution in [-0.4, -0.2) is 36.0 Å². The molecule has 5 nitrogen and oxygen atoms in total. The van der Waals surface area contributed by atoms with Gasteiger partial charge in [-0.25, -0.2) is 18.4 Å². The molecule has 0 aliphatic heterocycles. The monoisotopic (exact) mass is 296 g/mol. The van der Waals surface area contributed by atoms with Crippen molar-refractivity contribution in [3.05, 3.63) is 35.4 Å². The first-order chi connectivity index (χ1) is 9.24. The van der Waals surface area contributed by atoms with Crippen LogP contribution in [0.15, 0.2) is 24.3 Å². The smallest absolute Gasteiger partial charge is 0.373 e. The van der Waals surface area contributed by atoms with E-state index in [1.807, 2.05) is 0 Å². The molecule has 110 valence electrons. The van der Waals surface area contributed by atoms with E-state index in [-0.39, 0.29) is 11.1 Å². The van der Waals surface area contributed by atoms with Crippen molar-refractivity contribution in [2.45, 2.75) is 12.3 Å². The van der Waals surface area contributed by atoms with Crippen LogP contribution < -0.4 is 0 Å². The number of carboxylic acids is 1. The summed E-state index contributed by atoms with van der Waals surface area (Å²) in [5, 5.41) is 8.60. The molecule has 1 aromatic rings. The van der Waals surface area contributed by atoms with Crippen LogP contribution in [0.5, 0.6) is 0 Å². The first kappa shape index (κ1) is 15.9. The Morgan fingerprint density at radius 1 is 1.15 bits per heavy atom. The van der Waals surface area contributed by atoms with E-state index in [1.165, 1.54) is 0 Å². The number of alkyl halides is 4. The van der Waals surface area contributed by atoms with Crippen LogP contribution in [0.3, 0.4) is 0 Å². The largest absolute Gasteiger partial charge is 0.478 e. The minimum atomic E-state index is -4.44. The summed E-state index contributed by atoms with van der Waals surface area (Å²) in [6.45, 7) is -1.79. The maximum Gasteiger partial charge on any atom is 0.373 e. The summed E-state index contributed by atoms with van der Waals surface area (Å²) < 4.78 is 48.3. The molecule has 0 aliphatic carbocycles. The molecule has 0 bridgehead atoms. The van der Waals surface area contributed by atoms with E-state index >= 15 is 0 Å². The molecule has 0 spiro atoms. The van der Waals surface area contributed by atoms with Gasteiger partial charge < -0.3 is 5.11 Å². The zero-order valence-electron chi connectivity index (χ0n) is 9.69. The second-order valence-corrected chi connectivity index (χ2v) is 3.58. The Kier molecular flexibility index (Phi) is 5.03. The second-order valence-electron chi connectivity index (χ2n) is 3.58. The molecular weight excluding hydrogens is 288 g/mol. The van der Waals surface area contributed by atoms with E-state index in [4.69, 9.17) is 5.11 Å². The van der Waals surface area contributed by atoms with Gasteiger partial charge in [0.1, 0.15) is 0 Å². The van der Waals surface area contributed by atoms with E-state index in [0.717, 1.165) is 24.3 Å². The van der Waals surface area contributed by atoms with Gasteiger partial charge in [-0.15, -0.1) is 0 Å². The van der Waals surface area contributed by atoms with Crippen LogP contribution in [0.1, 0.15) is 20.7 Å². The average Bonchev–Trinajstić information content (AvgIpc) is 2.38. The molecule has 20 heavy (non-hydrogen) atoms. The van der Waals surface area contributed by atoms with Crippen molar-refractivity contribution >= 4 is 11.9 Å². The Bertz CT molecular complexity index is 486. The lowest BCUT2D eigenvalue weighted by Gasteiger charge is -2.13. The minimum absolute atomic E-state index is 0.105. The molecule has 0 atom stereocenters.